The second-order valence-electron chi connectivity index (χ2n) is 7.18. The van der Waals surface area contributed by atoms with Crippen LogP contribution in [0, 0.1) is 0 Å². The van der Waals surface area contributed by atoms with E-state index < -0.39 is 0 Å². The van der Waals surface area contributed by atoms with Gasteiger partial charge in [-0.05, 0) is 47.2 Å². The summed E-state index contributed by atoms with van der Waals surface area (Å²) < 4.78 is 3.21. The van der Waals surface area contributed by atoms with Gasteiger partial charge in [0.1, 0.15) is 0 Å². The number of thiazole rings is 1. The van der Waals surface area contributed by atoms with Crippen molar-refractivity contribution in [3.63, 3.8) is 0 Å². The van der Waals surface area contributed by atoms with E-state index >= 15 is 0 Å². The number of nitrogens with zero attached hydrogens (tertiary/aromatic N) is 3. The lowest BCUT2D eigenvalue weighted by atomic mass is 9.97. The minimum Gasteiger partial charge on any atom is -0.268 e. The zero-order valence-electron chi connectivity index (χ0n) is 15.2. The first kappa shape index (κ1) is 16.3. The minimum absolute atomic E-state index is 0.440. The lowest BCUT2D eigenvalue weighted by Crippen LogP contribution is -1.98. The van der Waals surface area contributed by atoms with Crippen molar-refractivity contribution in [2.75, 3.05) is 0 Å². The molecular formula is C21H23N3S. The molecule has 128 valence electrons. The Kier molecular flexibility index (Phi) is 4.08. The Morgan fingerprint density at radius 2 is 1.84 bits per heavy atom. The molecule has 0 aliphatic rings. The van der Waals surface area contributed by atoms with Crippen molar-refractivity contribution < 1.29 is 0 Å². The first-order valence-corrected chi connectivity index (χ1v) is 9.64. The average molecular weight is 350 g/mol. The molecule has 0 fully saturated rings. The van der Waals surface area contributed by atoms with Crippen LogP contribution < -0.4 is 0 Å². The Bertz CT molecular complexity index is 1040. The summed E-state index contributed by atoms with van der Waals surface area (Å²) in [5.74, 6) is 0.981. The van der Waals surface area contributed by atoms with Crippen molar-refractivity contribution in [2.45, 2.75) is 39.0 Å². The fourth-order valence-corrected chi connectivity index (χ4v) is 4.38. The van der Waals surface area contributed by atoms with Crippen molar-refractivity contribution in [3.8, 4) is 0 Å². The Balaban J connectivity index is 1.60. The molecule has 0 amide bonds. The Morgan fingerprint density at radius 1 is 1.04 bits per heavy atom. The van der Waals surface area contributed by atoms with Crippen LogP contribution in [0.2, 0.25) is 0 Å². The predicted molar refractivity (Wildman–Crippen MR) is 107 cm³/mol. The van der Waals surface area contributed by atoms with E-state index in [4.69, 9.17) is 4.98 Å². The monoisotopic (exact) mass is 349 g/mol. The lowest BCUT2D eigenvalue weighted by molar-refractivity contribution is 0.756. The Hall–Kier alpha value is -2.20. The topological polar surface area (TPSA) is 30.7 Å². The molecule has 0 N–H and O–H groups in total. The number of hydrogen-bond acceptors (Lipinski definition) is 3. The SMILES string of the molecule is CC(C)c1ccc2sc(CC(C)c3ccc4c(cnn4C)c3)nc2c1. The normalized spacial score (nSPS) is 13.2. The number of benzene rings is 2. The van der Waals surface area contributed by atoms with Crippen LogP contribution in [0.15, 0.2) is 42.6 Å². The van der Waals surface area contributed by atoms with E-state index in [-0.39, 0.29) is 0 Å². The molecule has 4 heteroatoms. The highest BCUT2D eigenvalue weighted by Gasteiger charge is 2.13. The van der Waals surface area contributed by atoms with Crippen molar-refractivity contribution >= 4 is 32.5 Å². The smallest absolute Gasteiger partial charge is 0.0944 e. The van der Waals surface area contributed by atoms with Gasteiger partial charge in [-0.15, -0.1) is 11.3 Å². The molecule has 0 spiro atoms. The average Bonchev–Trinajstić information content (AvgIpc) is 3.16. The van der Waals surface area contributed by atoms with Gasteiger partial charge in [-0.2, -0.15) is 5.10 Å². The Labute approximate surface area is 152 Å². The van der Waals surface area contributed by atoms with Crippen LogP contribution in [0.1, 0.15) is 48.7 Å². The van der Waals surface area contributed by atoms with Gasteiger partial charge in [0.15, 0.2) is 0 Å². The van der Waals surface area contributed by atoms with Crippen LogP contribution >= 0.6 is 11.3 Å². The summed E-state index contributed by atoms with van der Waals surface area (Å²) in [4.78, 5) is 4.89. The van der Waals surface area contributed by atoms with Crippen molar-refractivity contribution in [1.82, 2.24) is 14.8 Å². The van der Waals surface area contributed by atoms with Gasteiger partial charge in [0.2, 0.25) is 0 Å². The molecule has 0 aliphatic carbocycles. The number of fused-ring (bicyclic) bond motifs is 2. The number of hydrogen-bond donors (Lipinski definition) is 0. The van der Waals surface area contributed by atoms with Crippen molar-refractivity contribution in [1.29, 1.82) is 0 Å². The first-order valence-electron chi connectivity index (χ1n) is 8.82. The molecule has 3 nitrogen and oxygen atoms in total. The van der Waals surface area contributed by atoms with E-state index in [1.165, 1.54) is 31.7 Å². The zero-order valence-corrected chi connectivity index (χ0v) is 16.0. The standard InChI is InChI=1S/C21H23N3S/c1-13(2)15-6-8-20-18(11-15)23-21(25-20)9-14(3)16-5-7-19-17(10-16)12-22-24(19)4/h5-8,10-14H,9H2,1-4H3. The second kappa shape index (κ2) is 6.26. The molecule has 2 aromatic carbocycles. The van der Waals surface area contributed by atoms with E-state index in [0.29, 0.717) is 11.8 Å². The summed E-state index contributed by atoms with van der Waals surface area (Å²) in [5, 5.41) is 6.76. The van der Waals surface area contributed by atoms with Gasteiger partial charge in [-0.3, -0.25) is 4.68 Å². The van der Waals surface area contributed by atoms with E-state index in [9.17, 15) is 0 Å². The lowest BCUT2D eigenvalue weighted by Gasteiger charge is -2.10. The van der Waals surface area contributed by atoms with Crippen molar-refractivity contribution in [2.24, 2.45) is 7.05 Å². The highest BCUT2D eigenvalue weighted by atomic mass is 32.1. The van der Waals surface area contributed by atoms with Crippen LogP contribution in [0.5, 0.6) is 0 Å². The van der Waals surface area contributed by atoms with E-state index in [2.05, 4.69) is 62.3 Å². The quantitative estimate of drug-likeness (QED) is 0.476. The van der Waals surface area contributed by atoms with Crippen molar-refractivity contribution in [3.05, 3.63) is 58.7 Å². The second-order valence-corrected chi connectivity index (χ2v) is 8.30. The number of aryl methyl sites for hydroxylation is 1. The molecule has 1 atom stereocenters. The van der Waals surface area contributed by atoms with Crippen LogP contribution in [0.3, 0.4) is 0 Å². The Morgan fingerprint density at radius 3 is 2.64 bits per heavy atom. The molecule has 0 saturated heterocycles. The number of aromatic nitrogens is 3. The van der Waals surface area contributed by atoms with E-state index in [1.54, 1.807) is 0 Å². The molecule has 2 aromatic heterocycles. The molecule has 0 saturated carbocycles. The predicted octanol–water partition coefficient (Wildman–Crippen LogP) is 5.65. The number of rotatable bonds is 4. The maximum atomic E-state index is 4.89. The summed E-state index contributed by atoms with van der Waals surface area (Å²) in [6.07, 6.45) is 2.92. The third-order valence-corrected chi connectivity index (χ3v) is 6.00. The van der Waals surface area contributed by atoms with Gasteiger partial charge in [0.25, 0.3) is 0 Å². The van der Waals surface area contributed by atoms with Gasteiger partial charge in [0.05, 0.1) is 26.9 Å². The molecule has 2 heterocycles. The fourth-order valence-electron chi connectivity index (χ4n) is 3.31. The minimum atomic E-state index is 0.440. The van der Waals surface area contributed by atoms with Gasteiger partial charge >= 0.3 is 0 Å². The first-order chi connectivity index (χ1) is 12.0. The van der Waals surface area contributed by atoms with Crippen LogP contribution in [-0.2, 0) is 13.5 Å². The third kappa shape index (κ3) is 3.07. The molecule has 4 aromatic rings. The van der Waals surface area contributed by atoms with Gasteiger partial charge in [0, 0.05) is 18.9 Å². The summed E-state index contributed by atoms with van der Waals surface area (Å²) in [6.45, 7) is 6.74. The molecule has 25 heavy (non-hydrogen) atoms. The summed E-state index contributed by atoms with van der Waals surface area (Å²) >= 11 is 1.82. The van der Waals surface area contributed by atoms with Gasteiger partial charge in [-0.1, -0.05) is 32.9 Å². The van der Waals surface area contributed by atoms with Crippen LogP contribution in [0.25, 0.3) is 21.1 Å². The maximum absolute atomic E-state index is 4.89. The summed E-state index contributed by atoms with van der Waals surface area (Å²) in [6, 6.07) is 13.3. The van der Waals surface area contributed by atoms with Gasteiger partial charge < -0.3 is 0 Å². The summed E-state index contributed by atoms with van der Waals surface area (Å²) in [7, 11) is 1.98. The molecule has 0 radical (unpaired) electrons. The molecular weight excluding hydrogens is 326 g/mol. The van der Waals surface area contributed by atoms with Crippen LogP contribution in [-0.4, -0.2) is 14.8 Å². The van der Waals surface area contributed by atoms with Gasteiger partial charge in [-0.25, -0.2) is 4.98 Å². The maximum Gasteiger partial charge on any atom is 0.0944 e. The van der Waals surface area contributed by atoms with Crippen LogP contribution in [0.4, 0.5) is 0 Å². The van der Waals surface area contributed by atoms with E-state index in [0.717, 1.165) is 11.9 Å². The third-order valence-electron chi connectivity index (χ3n) is 4.94. The zero-order chi connectivity index (χ0) is 17.6. The fraction of sp³-hybridized carbons (Fsp3) is 0.333. The molecule has 0 aliphatic heterocycles. The summed E-state index contributed by atoms with van der Waals surface area (Å²) in [5.41, 5.74) is 5.03. The largest absolute Gasteiger partial charge is 0.268 e. The molecule has 1 unspecified atom stereocenters. The van der Waals surface area contributed by atoms with E-state index in [1.807, 2.05) is 29.3 Å². The highest BCUT2D eigenvalue weighted by Crippen LogP contribution is 2.30. The molecule has 0 bridgehead atoms. The molecule has 4 rings (SSSR count). The highest BCUT2D eigenvalue weighted by molar-refractivity contribution is 7.18.